The van der Waals surface area contributed by atoms with Crippen molar-refractivity contribution in [3.05, 3.63) is 56.0 Å². The molecule has 0 radical (unpaired) electrons. The third-order valence-corrected chi connectivity index (χ3v) is 10.4. The van der Waals surface area contributed by atoms with Crippen LogP contribution in [0.1, 0.15) is 23.2 Å². The summed E-state index contributed by atoms with van der Waals surface area (Å²) in [6, 6.07) is 11.3. The number of carbonyl (C=O) groups excluding carboxylic acids is 1. The molecule has 2 aliphatic heterocycles. The van der Waals surface area contributed by atoms with Crippen LogP contribution in [0.5, 0.6) is 0 Å². The van der Waals surface area contributed by atoms with Crippen LogP contribution >= 0.6 is 22.6 Å². The molecule has 1 aromatic carbocycles. The molecule has 178 valence electrons. The number of benzene rings is 1. The molecule has 0 spiro atoms. The number of nitrogens with zero attached hydrogens (tertiary/aromatic N) is 3. The summed E-state index contributed by atoms with van der Waals surface area (Å²) >= 11 is 2.25. The predicted molar refractivity (Wildman–Crippen MR) is 139 cm³/mol. The van der Waals surface area contributed by atoms with Crippen LogP contribution in [0.25, 0.3) is 0 Å². The Morgan fingerprint density at radius 1 is 1.09 bits per heavy atom. The molecular weight excluding hydrogens is 557 g/mol. The van der Waals surface area contributed by atoms with Gasteiger partial charge in [-0.15, -0.1) is 0 Å². The van der Waals surface area contributed by atoms with Crippen molar-refractivity contribution in [3.63, 3.8) is 0 Å². The number of pyridine rings is 1. The van der Waals surface area contributed by atoms with Gasteiger partial charge in [0.25, 0.3) is 17.4 Å². The average Bonchev–Trinajstić information content (AvgIpc) is 2.75. The molecule has 1 aromatic heterocycles. The Kier molecular flexibility index (Phi) is 6.86. The fourth-order valence-corrected chi connectivity index (χ4v) is 6.81. The van der Waals surface area contributed by atoms with Crippen molar-refractivity contribution < 1.29 is 13.6 Å². The maximum absolute atomic E-state index is 13.5. The van der Waals surface area contributed by atoms with Gasteiger partial charge in [-0.25, -0.2) is 13.5 Å². The third-order valence-electron chi connectivity index (χ3n) is 6.62. The molecule has 2 saturated heterocycles. The van der Waals surface area contributed by atoms with Crippen molar-refractivity contribution in [3.8, 4) is 0 Å². The van der Waals surface area contributed by atoms with E-state index in [4.69, 9.17) is 0 Å². The zero-order valence-electron chi connectivity index (χ0n) is 18.9. The van der Waals surface area contributed by atoms with Crippen LogP contribution in [-0.2, 0) is 0 Å². The van der Waals surface area contributed by atoms with Gasteiger partial charge >= 0.3 is 0 Å². The van der Waals surface area contributed by atoms with Gasteiger partial charge in [0, 0.05) is 48.8 Å². The maximum atomic E-state index is 13.5. The number of alkyl halides is 2. The van der Waals surface area contributed by atoms with E-state index in [0.29, 0.717) is 5.56 Å². The Morgan fingerprint density at radius 2 is 1.76 bits per heavy atom. The molecule has 3 heterocycles. The highest BCUT2D eigenvalue weighted by Gasteiger charge is 2.34. The van der Waals surface area contributed by atoms with E-state index in [0.717, 1.165) is 22.3 Å². The van der Waals surface area contributed by atoms with Gasteiger partial charge in [0.1, 0.15) is 5.69 Å². The van der Waals surface area contributed by atoms with Gasteiger partial charge in [-0.2, -0.15) is 0 Å². The van der Waals surface area contributed by atoms with Crippen molar-refractivity contribution in [1.29, 1.82) is 0 Å². The first-order valence-electron chi connectivity index (χ1n) is 11.3. The molecule has 2 aliphatic rings. The Morgan fingerprint density at radius 3 is 2.42 bits per heavy atom. The summed E-state index contributed by atoms with van der Waals surface area (Å²) in [5, 5.41) is 4.37. The van der Waals surface area contributed by atoms with Crippen molar-refractivity contribution in [2.75, 3.05) is 41.4 Å². The van der Waals surface area contributed by atoms with Crippen molar-refractivity contribution in [1.82, 2.24) is 4.68 Å². The largest absolute Gasteiger partial charge is 0.371 e. The molecule has 0 bridgehead atoms. The number of amides is 1. The van der Waals surface area contributed by atoms with Crippen LogP contribution in [0.15, 0.2) is 41.3 Å². The van der Waals surface area contributed by atoms with E-state index in [9.17, 15) is 18.4 Å². The summed E-state index contributed by atoms with van der Waals surface area (Å²) in [5.41, 5.74) is 1.13. The van der Waals surface area contributed by atoms with Crippen molar-refractivity contribution >= 4 is 47.9 Å². The molecule has 2 fully saturated rings. The second-order valence-corrected chi connectivity index (χ2v) is 16.2. The first-order chi connectivity index (χ1) is 15.5. The standard InChI is InChI=1S/C23H29F2IN4O2Si/c1-33(2)14-12-28(13-15-33)20-16-17(26)5-6-18(20)21(31)27-19-4-3-9-30(22(19)32)29-10-7-23(24,25)8-11-29/h3-6,9,16H,7-8,10-15H2,1-2H3,(H,27,31). The monoisotopic (exact) mass is 586 g/mol. The molecule has 10 heteroatoms. The number of piperidine rings is 1. The van der Waals surface area contributed by atoms with Gasteiger partial charge in [-0.3, -0.25) is 9.59 Å². The summed E-state index contributed by atoms with van der Waals surface area (Å²) in [6.07, 6.45) is 0.964. The molecule has 1 N–H and O–H groups in total. The van der Waals surface area contributed by atoms with Gasteiger partial charge in [-0.05, 0) is 65.0 Å². The molecule has 4 rings (SSSR count). The lowest BCUT2D eigenvalue weighted by Crippen LogP contribution is -2.49. The van der Waals surface area contributed by atoms with Crippen LogP contribution in [0, 0.1) is 3.57 Å². The summed E-state index contributed by atoms with van der Waals surface area (Å²) in [6.45, 7) is 6.82. The SMILES string of the molecule is C[Si]1(C)CCN(c2cc(I)ccc2C(=O)Nc2cccn(N3CCC(F)(F)CC3)c2=O)CC1. The summed E-state index contributed by atoms with van der Waals surface area (Å²) in [4.78, 5) is 28.5. The highest BCUT2D eigenvalue weighted by atomic mass is 127. The Bertz CT molecular complexity index is 1090. The molecule has 0 aliphatic carbocycles. The van der Waals surface area contributed by atoms with Gasteiger partial charge in [-0.1, -0.05) is 13.1 Å². The highest BCUT2D eigenvalue weighted by Crippen LogP contribution is 2.31. The minimum Gasteiger partial charge on any atom is -0.371 e. The highest BCUT2D eigenvalue weighted by molar-refractivity contribution is 14.1. The quantitative estimate of drug-likeness (QED) is 0.421. The van der Waals surface area contributed by atoms with Gasteiger partial charge in [0.15, 0.2) is 0 Å². The topological polar surface area (TPSA) is 57.6 Å². The lowest BCUT2D eigenvalue weighted by molar-refractivity contribution is -0.0260. The number of halogens is 3. The Balaban J connectivity index is 1.55. The lowest BCUT2D eigenvalue weighted by Gasteiger charge is -2.37. The molecule has 1 amide bonds. The second kappa shape index (κ2) is 9.36. The molecule has 2 aromatic rings. The van der Waals surface area contributed by atoms with E-state index in [1.54, 1.807) is 29.4 Å². The molecule has 6 nitrogen and oxygen atoms in total. The fourth-order valence-electron chi connectivity index (χ4n) is 4.34. The van der Waals surface area contributed by atoms with Gasteiger partial charge < -0.3 is 15.2 Å². The third kappa shape index (κ3) is 5.59. The van der Waals surface area contributed by atoms with E-state index < -0.39 is 19.6 Å². The first kappa shape index (κ1) is 24.2. The predicted octanol–water partition coefficient (Wildman–Crippen LogP) is 4.60. The van der Waals surface area contributed by atoms with Gasteiger partial charge in [0.2, 0.25) is 0 Å². The van der Waals surface area contributed by atoms with Crippen LogP contribution in [0.3, 0.4) is 0 Å². The van der Waals surface area contributed by atoms with E-state index in [1.807, 2.05) is 12.1 Å². The Hall–Kier alpha value is -1.95. The normalized spacial score (nSPS) is 19.9. The number of aromatic nitrogens is 1. The van der Waals surface area contributed by atoms with Crippen LogP contribution in [0.4, 0.5) is 20.2 Å². The average molecular weight is 586 g/mol. The minimum absolute atomic E-state index is 0.0835. The van der Waals surface area contributed by atoms with Crippen molar-refractivity contribution in [2.24, 2.45) is 0 Å². The second-order valence-electron chi connectivity index (χ2n) is 9.65. The Labute approximate surface area is 207 Å². The van der Waals surface area contributed by atoms with E-state index in [2.05, 4.69) is 45.9 Å². The van der Waals surface area contributed by atoms with Crippen LogP contribution in [-0.4, -0.2) is 50.8 Å². The van der Waals surface area contributed by atoms with E-state index >= 15 is 0 Å². The number of nitrogens with one attached hydrogen (secondary N) is 1. The van der Waals surface area contributed by atoms with E-state index in [-0.39, 0.29) is 37.5 Å². The molecule has 33 heavy (non-hydrogen) atoms. The first-order valence-corrected chi connectivity index (χ1v) is 15.7. The molecule has 0 atom stereocenters. The number of hydrogen-bond donors (Lipinski definition) is 1. The lowest BCUT2D eigenvalue weighted by atomic mass is 10.1. The number of carbonyl (C=O) groups is 1. The molecular formula is C23H29F2IN4O2Si. The summed E-state index contributed by atoms with van der Waals surface area (Å²) < 4.78 is 29.4. The number of hydrogen-bond acceptors (Lipinski definition) is 4. The fraction of sp³-hybridized carbons (Fsp3) is 0.478. The zero-order valence-corrected chi connectivity index (χ0v) is 22.1. The van der Waals surface area contributed by atoms with Crippen LogP contribution in [0.2, 0.25) is 25.2 Å². The van der Waals surface area contributed by atoms with E-state index in [1.165, 1.54) is 16.8 Å². The summed E-state index contributed by atoms with van der Waals surface area (Å²) in [5.74, 6) is -3.04. The van der Waals surface area contributed by atoms with Crippen LogP contribution < -0.4 is 20.8 Å². The smallest absolute Gasteiger partial charge is 0.292 e. The maximum Gasteiger partial charge on any atom is 0.292 e. The zero-order chi connectivity index (χ0) is 23.8. The molecule has 0 saturated carbocycles. The number of anilines is 2. The molecule has 0 unspecified atom stereocenters. The summed E-state index contributed by atoms with van der Waals surface area (Å²) in [7, 11) is -1.16. The minimum atomic E-state index is -2.70. The van der Waals surface area contributed by atoms with Crippen molar-refractivity contribution in [2.45, 2.75) is 43.9 Å². The van der Waals surface area contributed by atoms with Gasteiger partial charge in [0.05, 0.1) is 19.3 Å². The number of rotatable bonds is 4.